The molecule has 0 saturated heterocycles. The van der Waals surface area contributed by atoms with Crippen molar-refractivity contribution in [3.05, 3.63) is 0 Å². The van der Waals surface area contributed by atoms with Gasteiger partial charge < -0.3 is 10.4 Å². The number of carbonyl (C=O) groups is 2. The number of hydrogen-bond donors (Lipinski definition) is 2. The summed E-state index contributed by atoms with van der Waals surface area (Å²) >= 11 is 0. The Morgan fingerprint density at radius 2 is 2.00 bits per heavy atom. The number of hydrogen-bond acceptors (Lipinski definition) is 2. The average molecular weight is 225 g/mol. The minimum absolute atomic E-state index is 0.0626. The highest BCUT2D eigenvalue weighted by Gasteiger charge is 2.49. The minimum Gasteiger partial charge on any atom is -0.481 e. The summed E-state index contributed by atoms with van der Waals surface area (Å²) in [5.74, 6) is -1.63. The van der Waals surface area contributed by atoms with Crippen molar-refractivity contribution in [1.82, 2.24) is 5.32 Å². The zero-order chi connectivity index (χ0) is 11.9. The van der Waals surface area contributed by atoms with Gasteiger partial charge in [0.2, 0.25) is 5.91 Å². The number of carbonyl (C=O) groups excluding carboxylic acids is 1. The zero-order valence-electron chi connectivity index (χ0n) is 9.82. The molecule has 2 aliphatic rings. The number of rotatable bonds is 3. The lowest BCUT2D eigenvalue weighted by atomic mass is 9.87. The van der Waals surface area contributed by atoms with Crippen LogP contribution in [0.15, 0.2) is 0 Å². The van der Waals surface area contributed by atoms with Crippen LogP contribution in [-0.4, -0.2) is 23.0 Å². The first-order valence-corrected chi connectivity index (χ1v) is 5.95. The highest BCUT2D eigenvalue weighted by Crippen LogP contribution is 2.41. The molecule has 3 unspecified atom stereocenters. The van der Waals surface area contributed by atoms with Crippen LogP contribution in [0.3, 0.4) is 0 Å². The van der Waals surface area contributed by atoms with E-state index >= 15 is 0 Å². The van der Waals surface area contributed by atoms with Gasteiger partial charge in [-0.15, -0.1) is 0 Å². The van der Waals surface area contributed by atoms with E-state index in [1.807, 2.05) is 0 Å². The van der Waals surface area contributed by atoms with Crippen molar-refractivity contribution in [2.45, 2.75) is 45.6 Å². The molecule has 0 radical (unpaired) electrons. The molecular weight excluding hydrogens is 206 g/mol. The number of carboxylic acid groups (broad SMARTS) is 1. The highest BCUT2D eigenvalue weighted by atomic mass is 16.4. The van der Waals surface area contributed by atoms with E-state index in [0.717, 1.165) is 19.3 Å². The Morgan fingerprint density at radius 3 is 2.44 bits per heavy atom. The Morgan fingerprint density at radius 1 is 1.31 bits per heavy atom. The van der Waals surface area contributed by atoms with Crippen LogP contribution < -0.4 is 5.32 Å². The lowest BCUT2D eigenvalue weighted by Gasteiger charge is -2.27. The predicted octanol–water partition coefficient (Wildman–Crippen LogP) is 1.40. The van der Waals surface area contributed by atoms with Crippen LogP contribution in [0, 0.1) is 17.3 Å². The molecule has 2 saturated carbocycles. The highest BCUT2D eigenvalue weighted by molar-refractivity contribution is 5.89. The van der Waals surface area contributed by atoms with Crippen LogP contribution in [0.5, 0.6) is 0 Å². The van der Waals surface area contributed by atoms with E-state index in [4.69, 9.17) is 5.11 Å². The van der Waals surface area contributed by atoms with Crippen molar-refractivity contribution in [2.24, 2.45) is 17.3 Å². The molecule has 16 heavy (non-hydrogen) atoms. The topological polar surface area (TPSA) is 66.4 Å². The van der Waals surface area contributed by atoms with E-state index in [-0.39, 0.29) is 23.3 Å². The van der Waals surface area contributed by atoms with Crippen molar-refractivity contribution in [2.75, 3.05) is 0 Å². The monoisotopic (exact) mass is 225 g/mol. The molecule has 2 aliphatic carbocycles. The molecule has 0 bridgehead atoms. The fourth-order valence-corrected chi connectivity index (χ4v) is 2.63. The molecule has 2 N–H and O–H groups in total. The lowest BCUT2D eigenvalue weighted by molar-refractivity contribution is -0.140. The molecule has 0 aromatic heterocycles. The van der Waals surface area contributed by atoms with Crippen molar-refractivity contribution in [1.29, 1.82) is 0 Å². The van der Waals surface area contributed by atoms with Gasteiger partial charge in [0.1, 0.15) is 0 Å². The van der Waals surface area contributed by atoms with Crippen LogP contribution in [0.1, 0.15) is 39.5 Å². The van der Waals surface area contributed by atoms with Crippen molar-refractivity contribution in [3.8, 4) is 0 Å². The van der Waals surface area contributed by atoms with Gasteiger partial charge >= 0.3 is 5.97 Å². The van der Waals surface area contributed by atoms with Gasteiger partial charge in [0.05, 0.1) is 11.8 Å². The van der Waals surface area contributed by atoms with Gasteiger partial charge in [-0.1, -0.05) is 20.3 Å². The summed E-state index contributed by atoms with van der Waals surface area (Å²) < 4.78 is 0. The summed E-state index contributed by atoms with van der Waals surface area (Å²) in [6.07, 6.45) is 3.80. The van der Waals surface area contributed by atoms with Crippen LogP contribution in [-0.2, 0) is 9.59 Å². The van der Waals surface area contributed by atoms with Crippen LogP contribution >= 0.6 is 0 Å². The largest absolute Gasteiger partial charge is 0.481 e. The predicted molar refractivity (Wildman–Crippen MR) is 58.8 cm³/mol. The third-order valence-corrected chi connectivity index (χ3v) is 4.02. The van der Waals surface area contributed by atoms with Gasteiger partial charge in [-0.3, -0.25) is 9.59 Å². The average Bonchev–Trinajstić information content (AvgIpc) is 2.89. The third kappa shape index (κ3) is 2.06. The first kappa shape index (κ1) is 11.4. The SMILES string of the molecule is CC1(C)CCCC1NC(=O)C1CC1C(=O)O. The van der Waals surface area contributed by atoms with Gasteiger partial charge in [0, 0.05) is 6.04 Å². The molecule has 3 atom stereocenters. The second-order valence-electron chi connectivity index (χ2n) is 5.73. The molecule has 2 rings (SSSR count). The lowest BCUT2D eigenvalue weighted by Crippen LogP contribution is -2.42. The molecule has 2 fully saturated rings. The molecule has 0 spiro atoms. The quantitative estimate of drug-likeness (QED) is 0.763. The summed E-state index contributed by atoms with van der Waals surface area (Å²) in [4.78, 5) is 22.5. The van der Waals surface area contributed by atoms with Gasteiger partial charge in [-0.25, -0.2) is 0 Å². The summed E-state index contributed by atoms with van der Waals surface area (Å²) in [5.41, 5.74) is 0.156. The maximum absolute atomic E-state index is 11.8. The molecule has 0 aliphatic heterocycles. The van der Waals surface area contributed by atoms with Crippen molar-refractivity contribution >= 4 is 11.9 Å². The van der Waals surface area contributed by atoms with E-state index in [2.05, 4.69) is 19.2 Å². The Hall–Kier alpha value is -1.06. The molecule has 0 aromatic rings. The minimum atomic E-state index is -0.842. The zero-order valence-corrected chi connectivity index (χ0v) is 9.82. The van der Waals surface area contributed by atoms with Gasteiger partial charge in [0.15, 0.2) is 0 Å². The second-order valence-corrected chi connectivity index (χ2v) is 5.73. The second kappa shape index (κ2) is 3.75. The van der Waals surface area contributed by atoms with Gasteiger partial charge in [-0.05, 0) is 24.7 Å². The van der Waals surface area contributed by atoms with E-state index in [0.29, 0.717) is 6.42 Å². The Kier molecular flexibility index (Phi) is 2.68. The number of nitrogens with one attached hydrogen (secondary N) is 1. The van der Waals surface area contributed by atoms with Crippen molar-refractivity contribution < 1.29 is 14.7 Å². The molecule has 4 heteroatoms. The van der Waals surface area contributed by atoms with E-state index in [1.54, 1.807) is 0 Å². The Bertz CT molecular complexity index is 324. The van der Waals surface area contributed by atoms with E-state index < -0.39 is 11.9 Å². The fraction of sp³-hybridized carbons (Fsp3) is 0.833. The molecule has 1 amide bonds. The number of carboxylic acids is 1. The molecule has 0 heterocycles. The maximum Gasteiger partial charge on any atom is 0.307 e. The normalized spacial score (nSPS) is 35.8. The third-order valence-electron chi connectivity index (χ3n) is 4.02. The molecule has 90 valence electrons. The smallest absolute Gasteiger partial charge is 0.307 e. The summed E-state index contributed by atoms with van der Waals surface area (Å²) in [6.45, 7) is 4.32. The van der Waals surface area contributed by atoms with Crippen LogP contribution in [0.4, 0.5) is 0 Å². The van der Waals surface area contributed by atoms with Crippen molar-refractivity contribution in [3.63, 3.8) is 0 Å². The maximum atomic E-state index is 11.8. The van der Waals surface area contributed by atoms with Gasteiger partial charge in [0.25, 0.3) is 0 Å². The van der Waals surface area contributed by atoms with E-state index in [1.165, 1.54) is 0 Å². The van der Waals surface area contributed by atoms with Gasteiger partial charge in [-0.2, -0.15) is 0 Å². The first-order chi connectivity index (χ1) is 7.42. The van der Waals surface area contributed by atoms with Crippen LogP contribution in [0.25, 0.3) is 0 Å². The summed E-state index contributed by atoms with van der Waals surface area (Å²) in [7, 11) is 0. The molecular formula is C12H19NO3. The Balaban J connectivity index is 1.87. The fourth-order valence-electron chi connectivity index (χ4n) is 2.63. The summed E-state index contributed by atoms with van der Waals surface area (Å²) in [6, 6.07) is 0.218. The number of aliphatic carboxylic acids is 1. The Labute approximate surface area is 95.4 Å². The first-order valence-electron chi connectivity index (χ1n) is 5.95. The summed E-state index contributed by atoms with van der Waals surface area (Å²) in [5, 5.41) is 11.8. The van der Waals surface area contributed by atoms with Crippen LogP contribution in [0.2, 0.25) is 0 Å². The standard InChI is InChI=1S/C12H19NO3/c1-12(2)5-3-4-9(12)13-10(14)7-6-8(7)11(15)16/h7-9H,3-6H2,1-2H3,(H,13,14)(H,15,16). The van der Waals surface area contributed by atoms with E-state index in [9.17, 15) is 9.59 Å². The molecule has 4 nitrogen and oxygen atoms in total. The number of amides is 1. The molecule has 0 aromatic carbocycles.